The lowest BCUT2D eigenvalue weighted by Gasteiger charge is -2.05. The quantitative estimate of drug-likeness (QED) is 0.783. The summed E-state index contributed by atoms with van der Waals surface area (Å²) in [6, 6.07) is 14.6. The lowest BCUT2D eigenvalue weighted by atomic mass is 10.1. The van der Waals surface area contributed by atoms with Crippen LogP contribution in [0.25, 0.3) is 10.2 Å². The van der Waals surface area contributed by atoms with E-state index in [1.807, 2.05) is 6.07 Å². The van der Waals surface area contributed by atoms with Crippen molar-refractivity contribution in [2.45, 2.75) is 22.7 Å². The summed E-state index contributed by atoms with van der Waals surface area (Å²) in [4.78, 5) is 5.90. The zero-order valence-electron chi connectivity index (χ0n) is 10.6. The van der Waals surface area contributed by atoms with Gasteiger partial charge in [0.25, 0.3) is 0 Å². The molecule has 96 valence electrons. The maximum absolute atomic E-state index is 5.66. The highest BCUT2D eigenvalue weighted by atomic mass is 32.2. The molecule has 2 aromatic carbocycles. The third-order valence-corrected chi connectivity index (χ3v) is 5.22. The molecule has 0 spiro atoms. The van der Waals surface area contributed by atoms with Crippen LogP contribution in [0.2, 0.25) is 0 Å². The van der Waals surface area contributed by atoms with E-state index in [1.54, 1.807) is 23.1 Å². The number of thiazole rings is 1. The maximum atomic E-state index is 5.66. The smallest absolute Gasteiger partial charge is 0.155 e. The molecular weight excluding hydrogens is 272 g/mol. The van der Waals surface area contributed by atoms with E-state index in [4.69, 9.17) is 5.73 Å². The normalized spacial score (nSPS) is 11.1. The molecule has 0 aliphatic heterocycles. The molecule has 4 heteroatoms. The fourth-order valence-corrected chi connectivity index (χ4v) is 4.03. The first kappa shape index (κ1) is 12.7. The fourth-order valence-electron chi connectivity index (χ4n) is 1.94. The largest absolute Gasteiger partial charge is 0.326 e. The Balaban J connectivity index is 1.92. The molecule has 0 radical (unpaired) electrons. The minimum absolute atomic E-state index is 0.590. The number of rotatable bonds is 3. The van der Waals surface area contributed by atoms with Crippen molar-refractivity contribution in [1.29, 1.82) is 0 Å². The van der Waals surface area contributed by atoms with Crippen molar-refractivity contribution in [2.75, 3.05) is 0 Å². The van der Waals surface area contributed by atoms with Gasteiger partial charge in [-0.25, -0.2) is 4.98 Å². The number of para-hydroxylation sites is 1. The van der Waals surface area contributed by atoms with E-state index in [-0.39, 0.29) is 0 Å². The average molecular weight is 286 g/mol. The van der Waals surface area contributed by atoms with Crippen molar-refractivity contribution >= 4 is 33.3 Å². The van der Waals surface area contributed by atoms with Gasteiger partial charge in [0.15, 0.2) is 4.34 Å². The predicted octanol–water partition coefficient (Wildman–Crippen LogP) is 4.21. The monoisotopic (exact) mass is 286 g/mol. The molecule has 19 heavy (non-hydrogen) atoms. The van der Waals surface area contributed by atoms with E-state index in [1.165, 1.54) is 20.7 Å². The van der Waals surface area contributed by atoms with Crippen LogP contribution in [0.5, 0.6) is 0 Å². The molecule has 0 bridgehead atoms. The van der Waals surface area contributed by atoms with Crippen LogP contribution < -0.4 is 5.73 Å². The number of hydrogen-bond donors (Lipinski definition) is 1. The highest BCUT2D eigenvalue weighted by Crippen LogP contribution is 2.35. The van der Waals surface area contributed by atoms with Crippen molar-refractivity contribution in [1.82, 2.24) is 4.98 Å². The van der Waals surface area contributed by atoms with Crippen LogP contribution in [0.4, 0.5) is 0 Å². The maximum Gasteiger partial charge on any atom is 0.155 e. The van der Waals surface area contributed by atoms with E-state index >= 15 is 0 Å². The van der Waals surface area contributed by atoms with Gasteiger partial charge in [-0.2, -0.15) is 0 Å². The van der Waals surface area contributed by atoms with E-state index in [0.717, 1.165) is 9.86 Å². The first-order valence-electron chi connectivity index (χ1n) is 6.09. The van der Waals surface area contributed by atoms with Gasteiger partial charge in [-0.15, -0.1) is 11.3 Å². The number of aryl methyl sites for hydroxylation is 1. The summed E-state index contributed by atoms with van der Waals surface area (Å²) < 4.78 is 2.33. The topological polar surface area (TPSA) is 38.9 Å². The summed E-state index contributed by atoms with van der Waals surface area (Å²) in [5.74, 6) is 0. The molecule has 2 nitrogen and oxygen atoms in total. The third kappa shape index (κ3) is 2.66. The van der Waals surface area contributed by atoms with Gasteiger partial charge in [-0.1, -0.05) is 36.0 Å². The first-order chi connectivity index (χ1) is 9.26. The van der Waals surface area contributed by atoms with Crippen LogP contribution in [0, 0.1) is 6.92 Å². The molecule has 0 saturated heterocycles. The summed E-state index contributed by atoms with van der Waals surface area (Å²) in [6.07, 6.45) is 0. The Kier molecular flexibility index (Phi) is 3.55. The molecule has 0 saturated carbocycles. The Morgan fingerprint density at radius 1 is 1.21 bits per heavy atom. The second-order valence-electron chi connectivity index (χ2n) is 4.35. The van der Waals surface area contributed by atoms with Crippen molar-refractivity contribution in [3.05, 3.63) is 53.6 Å². The summed E-state index contributed by atoms with van der Waals surface area (Å²) in [6.45, 7) is 2.71. The number of fused-ring (bicyclic) bond motifs is 1. The number of aromatic nitrogens is 1. The van der Waals surface area contributed by atoms with Gasteiger partial charge in [-0.05, 0) is 36.2 Å². The van der Waals surface area contributed by atoms with Gasteiger partial charge >= 0.3 is 0 Å². The molecular formula is C15H14N2S2. The number of benzene rings is 2. The SMILES string of the molecule is Cc1cc(CN)ccc1Sc1nc2ccccc2s1. The Morgan fingerprint density at radius 3 is 2.79 bits per heavy atom. The first-order valence-corrected chi connectivity index (χ1v) is 7.72. The van der Waals surface area contributed by atoms with Crippen molar-refractivity contribution < 1.29 is 0 Å². The highest BCUT2D eigenvalue weighted by molar-refractivity contribution is 8.01. The predicted molar refractivity (Wildman–Crippen MR) is 82.8 cm³/mol. The zero-order chi connectivity index (χ0) is 13.2. The van der Waals surface area contributed by atoms with Crippen LogP contribution >= 0.6 is 23.1 Å². The molecule has 3 aromatic rings. The Hall–Kier alpha value is -1.36. The van der Waals surface area contributed by atoms with Crippen LogP contribution in [-0.4, -0.2) is 4.98 Å². The molecule has 0 atom stereocenters. The summed E-state index contributed by atoms with van der Waals surface area (Å²) in [5.41, 5.74) is 9.16. The van der Waals surface area contributed by atoms with E-state index in [0.29, 0.717) is 6.54 Å². The molecule has 3 rings (SSSR count). The second-order valence-corrected chi connectivity index (χ2v) is 6.67. The van der Waals surface area contributed by atoms with Crippen LogP contribution in [0.1, 0.15) is 11.1 Å². The lowest BCUT2D eigenvalue weighted by molar-refractivity contribution is 1.05. The number of nitrogens with two attached hydrogens (primary N) is 1. The van der Waals surface area contributed by atoms with Gasteiger partial charge in [0.2, 0.25) is 0 Å². The molecule has 0 amide bonds. The zero-order valence-corrected chi connectivity index (χ0v) is 12.2. The standard InChI is InChI=1S/C15H14N2S2/c1-10-8-11(9-16)6-7-13(10)18-15-17-12-4-2-3-5-14(12)19-15/h2-8H,9,16H2,1H3. The number of nitrogens with zero attached hydrogens (tertiary/aromatic N) is 1. The van der Waals surface area contributed by atoms with E-state index in [9.17, 15) is 0 Å². The summed E-state index contributed by atoms with van der Waals surface area (Å²) >= 11 is 3.46. The molecule has 0 aliphatic carbocycles. The van der Waals surface area contributed by atoms with Crippen LogP contribution in [0.15, 0.2) is 51.7 Å². The van der Waals surface area contributed by atoms with Crippen molar-refractivity contribution in [3.63, 3.8) is 0 Å². The summed E-state index contributed by atoms with van der Waals surface area (Å²) in [7, 11) is 0. The lowest BCUT2D eigenvalue weighted by Crippen LogP contribution is -1.96. The Morgan fingerprint density at radius 2 is 2.05 bits per heavy atom. The van der Waals surface area contributed by atoms with Crippen LogP contribution in [-0.2, 0) is 6.54 Å². The third-order valence-electron chi connectivity index (χ3n) is 2.95. The minimum atomic E-state index is 0.590. The fraction of sp³-hybridized carbons (Fsp3) is 0.133. The average Bonchev–Trinajstić information content (AvgIpc) is 2.83. The Bertz CT molecular complexity index is 686. The molecule has 0 unspecified atom stereocenters. The van der Waals surface area contributed by atoms with E-state index in [2.05, 4.69) is 48.3 Å². The Labute approximate surface area is 120 Å². The van der Waals surface area contributed by atoms with Crippen molar-refractivity contribution in [3.8, 4) is 0 Å². The van der Waals surface area contributed by atoms with Gasteiger partial charge in [-0.3, -0.25) is 0 Å². The van der Waals surface area contributed by atoms with Gasteiger partial charge < -0.3 is 5.73 Å². The summed E-state index contributed by atoms with van der Waals surface area (Å²) in [5, 5.41) is 0. The molecule has 2 N–H and O–H groups in total. The van der Waals surface area contributed by atoms with Gasteiger partial charge in [0.1, 0.15) is 0 Å². The van der Waals surface area contributed by atoms with Gasteiger partial charge in [0, 0.05) is 11.4 Å². The number of hydrogen-bond acceptors (Lipinski definition) is 4. The molecule has 1 heterocycles. The van der Waals surface area contributed by atoms with Crippen LogP contribution in [0.3, 0.4) is 0 Å². The molecule has 0 aliphatic rings. The van der Waals surface area contributed by atoms with E-state index < -0.39 is 0 Å². The molecule has 0 fully saturated rings. The molecule has 1 aromatic heterocycles. The van der Waals surface area contributed by atoms with Crippen molar-refractivity contribution in [2.24, 2.45) is 5.73 Å². The van der Waals surface area contributed by atoms with Gasteiger partial charge in [0.05, 0.1) is 10.2 Å². The highest BCUT2D eigenvalue weighted by Gasteiger charge is 2.07. The minimum Gasteiger partial charge on any atom is -0.326 e. The second kappa shape index (κ2) is 5.33.